The summed E-state index contributed by atoms with van der Waals surface area (Å²) < 4.78 is 0. The largest absolute Gasteiger partial charge is 0.387 e. The number of benzene rings is 1. The number of ketones is 1. The van der Waals surface area contributed by atoms with E-state index in [2.05, 4.69) is 32.9 Å². The lowest BCUT2D eigenvalue weighted by Gasteiger charge is -2.20. The van der Waals surface area contributed by atoms with E-state index in [4.69, 9.17) is 11.1 Å². The van der Waals surface area contributed by atoms with E-state index >= 15 is 0 Å². The summed E-state index contributed by atoms with van der Waals surface area (Å²) in [5, 5.41) is 7.20. The van der Waals surface area contributed by atoms with Crippen molar-refractivity contribution in [1.82, 2.24) is 14.9 Å². The number of aryl methyl sites for hydroxylation is 1. The Balaban J connectivity index is 1.65. The first-order valence-corrected chi connectivity index (χ1v) is 9.71. The molecule has 3 N–H and O–H groups in total. The molecule has 1 aliphatic heterocycles. The number of aromatic nitrogens is 2. The molecule has 28 heavy (non-hydrogen) atoms. The van der Waals surface area contributed by atoms with Gasteiger partial charge in [-0.05, 0) is 37.6 Å². The number of likely N-dealkylation sites (N-methyl/N-ethyl adjacent to an activating group) is 1. The van der Waals surface area contributed by atoms with Crippen molar-refractivity contribution >= 4 is 17.6 Å². The summed E-state index contributed by atoms with van der Waals surface area (Å²) in [5.74, 6) is 0.700. The average molecular weight is 380 g/mol. The number of hydrogen-bond acceptors (Lipinski definition) is 6. The Morgan fingerprint density at radius 2 is 1.93 bits per heavy atom. The zero-order valence-electron chi connectivity index (χ0n) is 16.4. The van der Waals surface area contributed by atoms with Gasteiger partial charge < -0.3 is 15.5 Å². The van der Waals surface area contributed by atoms with Gasteiger partial charge >= 0.3 is 0 Å². The molecule has 1 fully saturated rings. The molecule has 0 unspecified atom stereocenters. The van der Waals surface area contributed by atoms with Crippen LogP contribution in [0.4, 0.5) is 5.95 Å². The number of nitrogens with zero attached hydrogens (tertiary/aromatic N) is 4. The van der Waals surface area contributed by atoms with Gasteiger partial charge in [0.05, 0.1) is 12.3 Å². The fourth-order valence-electron chi connectivity index (χ4n) is 3.37. The number of rotatable bonds is 7. The van der Waals surface area contributed by atoms with Crippen LogP contribution in [0.15, 0.2) is 36.7 Å². The Hall–Kier alpha value is -2.80. The molecule has 0 radical (unpaired) electrons. The van der Waals surface area contributed by atoms with Crippen LogP contribution in [-0.2, 0) is 11.2 Å². The summed E-state index contributed by atoms with van der Waals surface area (Å²) in [6, 6.07) is 8.09. The molecular formula is C21H28N6O. The zero-order valence-corrected chi connectivity index (χ0v) is 16.4. The van der Waals surface area contributed by atoms with E-state index in [0.717, 1.165) is 55.2 Å². The van der Waals surface area contributed by atoms with E-state index < -0.39 is 0 Å². The maximum absolute atomic E-state index is 11.8. The van der Waals surface area contributed by atoms with Gasteiger partial charge in [0.15, 0.2) is 0 Å². The molecule has 1 saturated heterocycles. The molecule has 0 atom stereocenters. The lowest BCUT2D eigenvalue weighted by atomic mass is 10.0. The van der Waals surface area contributed by atoms with Crippen LogP contribution in [0.5, 0.6) is 0 Å². The highest BCUT2D eigenvalue weighted by Gasteiger charge is 2.14. The minimum Gasteiger partial charge on any atom is -0.387 e. The highest BCUT2D eigenvalue weighted by atomic mass is 16.1. The lowest BCUT2D eigenvalue weighted by Crippen LogP contribution is -2.30. The first-order chi connectivity index (χ1) is 13.5. The highest BCUT2D eigenvalue weighted by Crippen LogP contribution is 2.21. The number of nitrogens with two attached hydrogens (primary N) is 1. The van der Waals surface area contributed by atoms with Gasteiger partial charge in [0.2, 0.25) is 5.95 Å². The van der Waals surface area contributed by atoms with Crippen LogP contribution >= 0.6 is 0 Å². The van der Waals surface area contributed by atoms with E-state index in [9.17, 15) is 4.79 Å². The first kappa shape index (κ1) is 19.9. The minimum atomic E-state index is -0.0768. The molecule has 3 rings (SSSR count). The van der Waals surface area contributed by atoms with Gasteiger partial charge in [0.1, 0.15) is 5.78 Å². The number of amidine groups is 1. The van der Waals surface area contributed by atoms with E-state index in [1.54, 1.807) is 0 Å². The van der Waals surface area contributed by atoms with Crippen LogP contribution in [-0.4, -0.2) is 59.7 Å². The number of Topliss-reactive ketones (excluding diaryl/α,β-unsaturated/α-hetero) is 1. The predicted molar refractivity (Wildman–Crippen MR) is 112 cm³/mol. The fraction of sp³-hybridized carbons (Fsp3) is 0.429. The van der Waals surface area contributed by atoms with Crippen LogP contribution in [0.1, 0.15) is 24.8 Å². The summed E-state index contributed by atoms with van der Waals surface area (Å²) in [6.07, 6.45) is 5.92. The predicted octanol–water partition coefficient (Wildman–Crippen LogP) is 2.11. The van der Waals surface area contributed by atoms with Gasteiger partial charge in [-0.1, -0.05) is 24.3 Å². The third-order valence-electron chi connectivity index (χ3n) is 4.98. The Bertz CT molecular complexity index is 820. The Morgan fingerprint density at radius 1 is 1.14 bits per heavy atom. The SMILES string of the molecule is CN1CCCN(c2ncc(-c3cccc(CCC(=O)CC(=N)N)c3)cn2)CC1. The van der Waals surface area contributed by atoms with Gasteiger partial charge in [-0.3, -0.25) is 10.2 Å². The van der Waals surface area contributed by atoms with Gasteiger partial charge in [0, 0.05) is 44.0 Å². The standard InChI is InChI=1S/C21H28N6O/c1-26-8-3-9-27(11-10-26)21-24-14-18(15-25-21)17-5-2-4-16(12-17)6-7-19(28)13-20(22)23/h2,4-5,12,14-15H,3,6-11,13H2,1H3,(H3,22,23). The summed E-state index contributed by atoms with van der Waals surface area (Å²) in [6.45, 7) is 4.05. The van der Waals surface area contributed by atoms with Crippen LogP contribution in [0.25, 0.3) is 11.1 Å². The molecule has 0 amide bonds. The fourth-order valence-corrected chi connectivity index (χ4v) is 3.37. The molecule has 0 bridgehead atoms. The Morgan fingerprint density at radius 3 is 2.68 bits per heavy atom. The second-order valence-corrected chi connectivity index (χ2v) is 7.36. The normalized spacial score (nSPS) is 15.2. The first-order valence-electron chi connectivity index (χ1n) is 9.71. The van der Waals surface area contributed by atoms with E-state index in [1.165, 1.54) is 0 Å². The van der Waals surface area contributed by atoms with E-state index in [-0.39, 0.29) is 18.0 Å². The van der Waals surface area contributed by atoms with Gasteiger partial charge in [-0.2, -0.15) is 0 Å². The van der Waals surface area contributed by atoms with Gasteiger partial charge in [-0.25, -0.2) is 9.97 Å². The maximum atomic E-state index is 11.8. The van der Waals surface area contributed by atoms with Crippen LogP contribution in [0.2, 0.25) is 0 Å². The summed E-state index contributed by atoms with van der Waals surface area (Å²) >= 11 is 0. The molecule has 2 aromatic rings. The van der Waals surface area contributed by atoms with Crippen molar-refractivity contribution in [3.63, 3.8) is 0 Å². The second kappa shape index (κ2) is 9.41. The minimum absolute atomic E-state index is 0.00585. The second-order valence-electron chi connectivity index (χ2n) is 7.36. The average Bonchev–Trinajstić information content (AvgIpc) is 2.91. The molecule has 1 aromatic carbocycles. The molecule has 0 saturated carbocycles. The van der Waals surface area contributed by atoms with Crippen molar-refractivity contribution in [2.45, 2.75) is 25.7 Å². The summed E-state index contributed by atoms with van der Waals surface area (Å²) in [4.78, 5) is 25.5. The monoisotopic (exact) mass is 380 g/mol. The number of anilines is 1. The molecule has 0 aliphatic carbocycles. The summed E-state index contributed by atoms with van der Waals surface area (Å²) in [7, 11) is 2.15. The smallest absolute Gasteiger partial charge is 0.225 e. The molecule has 7 nitrogen and oxygen atoms in total. The summed E-state index contributed by atoms with van der Waals surface area (Å²) in [5.41, 5.74) is 8.37. The molecule has 1 aliphatic rings. The molecule has 1 aromatic heterocycles. The lowest BCUT2D eigenvalue weighted by molar-refractivity contribution is -0.117. The number of carbonyl (C=O) groups excluding carboxylic acids is 1. The van der Waals surface area contributed by atoms with Crippen molar-refractivity contribution in [2.24, 2.45) is 5.73 Å². The Kier molecular flexibility index (Phi) is 6.71. The van der Waals surface area contributed by atoms with Crippen molar-refractivity contribution in [2.75, 3.05) is 38.1 Å². The number of carbonyl (C=O) groups is 1. The molecule has 7 heteroatoms. The van der Waals surface area contributed by atoms with Gasteiger partial charge in [0.25, 0.3) is 0 Å². The van der Waals surface area contributed by atoms with Crippen molar-refractivity contribution in [3.05, 3.63) is 42.2 Å². The van der Waals surface area contributed by atoms with Crippen molar-refractivity contribution in [1.29, 1.82) is 5.41 Å². The molecule has 2 heterocycles. The van der Waals surface area contributed by atoms with Crippen LogP contribution in [0, 0.1) is 5.41 Å². The topological polar surface area (TPSA) is 99.2 Å². The van der Waals surface area contributed by atoms with Crippen molar-refractivity contribution in [3.8, 4) is 11.1 Å². The van der Waals surface area contributed by atoms with E-state index in [0.29, 0.717) is 12.8 Å². The van der Waals surface area contributed by atoms with Crippen LogP contribution in [0.3, 0.4) is 0 Å². The Labute approximate surface area is 166 Å². The number of hydrogen-bond donors (Lipinski definition) is 2. The quantitative estimate of drug-likeness (QED) is 0.564. The van der Waals surface area contributed by atoms with Crippen molar-refractivity contribution < 1.29 is 4.79 Å². The van der Waals surface area contributed by atoms with Gasteiger partial charge in [-0.15, -0.1) is 0 Å². The van der Waals surface area contributed by atoms with E-state index in [1.807, 2.05) is 30.6 Å². The van der Waals surface area contributed by atoms with Crippen LogP contribution < -0.4 is 10.6 Å². The molecular weight excluding hydrogens is 352 g/mol. The third-order valence-corrected chi connectivity index (χ3v) is 4.98. The highest BCUT2D eigenvalue weighted by molar-refractivity contribution is 5.98. The molecule has 148 valence electrons. The third kappa shape index (κ3) is 5.60. The zero-order chi connectivity index (χ0) is 19.9. The molecule has 0 spiro atoms. The number of nitrogens with one attached hydrogen (secondary N) is 1. The maximum Gasteiger partial charge on any atom is 0.225 e.